The van der Waals surface area contributed by atoms with Crippen LogP contribution in [0.4, 0.5) is 0 Å². The minimum absolute atomic E-state index is 0.871. The summed E-state index contributed by atoms with van der Waals surface area (Å²) in [6, 6.07) is 0. The molecule has 0 spiro atoms. The fourth-order valence-corrected chi connectivity index (χ4v) is 5.57. The van der Waals surface area contributed by atoms with E-state index in [9.17, 15) is 0 Å². The Bertz CT molecular complexity index is 329. The van der Waals surface area contributed by atoms with Crippen molar-refractivity contribution in [3.05, 3.63) is 0 Å². The highest BCUT2D eigenvalue weighted by molar-refractivity contribution is 4.84. The van der Waals surface area contributed by atoms with Crippen LogP contribution in [0.1, 0.15) is 113 Å². The molecule has 0 bridgehead atoms. The van der Waals surface area contributed by atoms with Crippen molar-refractivity contribution in [2.24, 2.45) is 47.3 Å². The molecule has 0 aromatic carbocycles. The zero-order valence-corrected chi connectivity index (χ0v) is 19.0. The summed E-state index contributed by atoms with van der Waals surface area (Å²) < 4.78 is 0. The molecule has 0 N–H and O–H groups in total. The van der Waals surface area contributed by atoms with E-state index in [1.165, 1.54) is 57.8 Å². The summed E-state index contributed by atoms with van der Waals surface area (Å²) in [6.07, 6.45) is 13.1. The van der Waals surface area contributed by atoms with E-state index >= 15 is 0 Å². The van der Waals surface area contributed by atoms with Crippen LogP contribution in [0.15, 0.2) is 0 Å². The number of rotatable bonds is 12. The Kier molecular flexibility index (Phi) is 10.7. The van der Waals surface area contributed by atoms with E-state index < -0.39 is 0 Å². The van der Waals surface area contributed by atoms with E-state index in [0.717, 1.165) is 47.3 Å². The molecule has 6 atom stereocenters. The van der Waals surface area contributed by atoms with Gasteiger partial charge in [0.1, 0.15) is 0 Å². The van der Waals surface area contributed by atoms with Crippen LogP contribution in [-0.2, 0) is 0 Å². The predicted molar refractivity (Wildman–Crippen MR) is 115 cm³/mol. The van der Waals surface area contributed by atoms with Crippen LogP contribution < -0.4 is 0 Å². The average molecular weight is 351 g/mol. The third-order valence-corrected chi connectivity index (χ3v) is 7.46. The molecule has 0 nitrogen and oxygen atoms in total. The Morgan fingerprint density at radius 2 is 1.40 bits per heavy atom. The van der Waals surface area contributed by atoms with Crippen molar-refractivity contribution in [2.45, 2.75) is 113 Å². The van der Waals surface area contributed by atoms with Crippen molar-refractivity contribution in [1.29, 1.82) is 0 Å². The van der Waals surface area contributed by atoms with Gasteiger partial charge in [0, 0.05) is 0 Å². The fraction of sp³-hybridized carbons (Fsp3) is 1.00. The standard InChI is InChI=1S/C25H50/c1-9-23(22(8)25-14-13-24(17-25)19(4)5)16-21(7)15-20(6)12-10-11-18(2)3/h18-25H,9-17H2,1-8H3. The fourth-order valence-electron chi connectivity index (χ4n) is 5.57. The summed E-state index contributed by atoms with van der Waals surface area (Å²) in [7, 11) is 0. The van der Waals surface area contributed by atoms with E-state index in [0.29, 0.717) is 0 Å². The molecule has 0 aliphatic heterocycles. The minimum atomic E-state index is 0.871. The van der Waals surface area contributed by atoms with Gasteiger partial charge in [0.05, 0.1) is 0 Å². The summed E-state index contributed by atoms with van der Waals surface area (Å²) in [4.78, 5) is 0. The van der Waals surface area contributed by atoms with Crippen molar-refractivity contribution in [2.75, 3.05) is 0 Å². The quantitative estimate of drug-likeness (QED) is 0.330. The maximum absolute atomic E-state index is 2.58. The normalized spacial score (nSPS) is 26.2. The Morgan fingerprint density at radius 1 is 0.760 bits per heavy atom. The zero-order chi connectivity index (χ0) is 19.0. The first-order valence-electron chi connectivity index (χ1n) is 11.7. The third-order valence-electron chi connectivity index (χ3n) is 7.46. The Hall–Kier alpha value is 0. The van der Waals surface area contributed by atoms with E-state index in [-0.39, 0.29) is 0 Å². The van der Waals surface area contributed by atoms with Gasteiger partial charge in [0.2, 0.25) is 0 Å². The Labute approximate surface area is 160 Å². The molecule has 0 heteroatoms. The smallest absolute Gasteiger partial charge is 0.0383 e. The largest absolute Gasteiger partial charge is 0.0651 e. The lowest BCUT2D eigenvalue weighted by Gasteiger charge is -2.31. The summed E-state index contributed by atoms with van der Waals surface area (Å²) in [5, 5.41) is 0. The lowest BCUT2D eigenvalue weighted by atomic mass is 9.74. The summed E-state index contributed by atoms with van der Waals surface area (Å²) >= 11 is 0. The zero-order valence-electron chi connectivity index (χ0n) is 19.0. The molecule has 0 radical (unpaired) electrons. The van der Waals surface area contributed by atoms with Crippen molar-refractivity contribution in [3.8, 4) is 0 Å². The Morgan fingerprint density at radius 3 is 1.92 bits per heavy atom. The third kappa shape index (κ3) is 8.49. The second kappa shape index (κ2) is 11.7. The summed E-state index contributed by atoms with van der Waals surface area (Å²) in [6.45, 7) is 19.6. The molecule has 1 aliphatic carbocycles. The van der Waals surface area contributed by atoms with Crippen molar-refractivity contribution < 1.29 is 0 Å². The molecule has 0 heterocycles. The van der Waals surface area contributed by atoms with Gasteiger partial charge in [-0.3, -0.25) is 0 Å². The van der Waals surface area contributed by atoms with Crippen molar-refractivity contribution in [3.63, 3.8) is 0 Å². The van der Waals surface area contributed by atoms with E-state index in [2.05, 4.69) is 55.4 Å². The molecular weight excluding hydrogens is 300 g/mol. The molecule has 0 amide bonds. The SMILES string of the molecule is CCC(CC(C)CC(C)CCCC(C)C)C(C)C1CCC(C(C)C)C1. The van der Waals surface area contributed by atoms with Crippen LogP contribution in [-0.4, -0.2) is 0 Å². The van der Waals surface area contributed by atoms with Crippen molar-refractivity contribution >= 4 is 0 Å². The first-order chi connectivity index (χ1) is 11.7. The Balaban J connectivity index is 2.38. The lowest BCUT2D eigenvalue weighted by molar-refractivity contribution is 0.191. The van der Waals surface area contributed by atoms with E-state index in [1.54, 1.807) is 0 Å². The molecule has 0 aromatic heterocycles. The maximum atomic E-state index is 2.58. The molecule has 0 saturated heterocycles. The van der Waals surface area contributed by atoms with Crippen molar-refractivity contribution in [1.82, 2.24) is 0 Å². The molecule has 0 aromatic rings. The second-order valence-corrected chi connectivity index (χ2v) is 10.6. The maximum Gasteiger partial charge on any atom is -0.0383 e. The molecule has 1 saturated carbocycles. The number of hydrogen-bond donors (Lipinski definition) is 0. The molecule has 6 unspecified atom stereocenters. The predicted octanol–water partition coefficient (Wildman–Crippen LogP) is 8.60. The summed E-state index contributed by atoms with van der Waals surface area (Å²) in [5.41, 5.74) is 0. The van der Waals surface area contributed by atoms with E-state index in [4.69, 9.17) is 0 Å². The van der Waals surface area contributed by atoms with E-state index in [1.807, 2.05) is 0 Å². The highest BCUT2D eigenvalue weighted by Crippen LogP contribution is 2.43. The van der Waals surface area contributed by atoms with Gasteiger partial charge in [-0.15, -0.1) is 0 Å². The molecular formula is C25H50. The highest BCUT2D eigenvalue weighted by atomic mass is 14.4. The van der Waals surface area contributed by atoms with Gasteiger partial charge in [-0.05, 0) is 79.4 Å². The van der Waals surface area contributed by atoms with Crippen LogP contribution in [0.2, 0.25) is 0 Å². The molecule has 1 fully saturated rings. The van der Waals surface area contributed by atoms with Gasteiger partial charge >= 0.3 is 0 Å². The molecule has 25 heavy (non-hydrogen) atoms. The topological polar surface area (TPSA) is 0 Å². The first kappa shape index (κ1) is 23.0. The molecule has 1 rings (SSSR count). The second-order valence-electron chi connectivity index (χ2n) is 10.6. The van der Waals surface area contributed by atoms with Crippen LogP contribution in [0.5, 0.6) is 0 Å². The average Bonchev–Trinajstić information content (AvgIpc) is 3.01. The van der Waals surface area contributed by atoms with Gasteiger partial charge in [-0.1, -0.05) is 81.1 Å². The van der Waals surface area contributed by atoms with Gasteiger partial charge in [-0.25, -0.2) is 0 Å². The van der Waals surface area contributed by atoms with Gasteiger partial charge < -0.3 is 0 Å². The number of hydrogen-bond acceptors (Lipinski definition) is 0. The highest BCUT2D eigenvalue weighted by Gasteiger charge is 2.33. The monoisotopic (exact) mass is 350 g/mol. The van der Waals surface area contributed by atoms with Crippen LogP contribution in [0.25, 0.3) is 0 Å². The van der Waals surface area contributed by atoms with Crippen LogP contribution in [0, 0.1) is 47.3 Å². The van der Waals surface area contributed by atoms with Crippen LogP contribution >= 0.6 is 0 Å². The lowest BCUT2D eigenvalue weighted by Crippen LogP contribution is -2.22. The first-order valence-corrected chi connectivity index (χ1v) is 11.7. The minimum Gasteiger partial charge on any atom is -0.0651 e. The van der Waals surface area contributed by atoms with Gasteiger partial charge in [0.25, 0.3) is 0 Å². The van der Waals surface area contributed by atoms with Crippen LogP contribution in [0.3, 0.4) is 0 Å². The molecule has 1 aliphatic rings. The summed E-state index contributed by atoms with van der Waals surface area (Å²) in [5.74, 6) is 7.48. The van der Waals surface area contributed by atoms with Gasteiger partial charge in [0.15, 0.2) is 0 Å². The molecule has 150 valence electrons. The van der Waals surface area contributed by atoms with Gasteiger partial charge in [-0.2, -0.15) is 0 Å².